The zero-order valence-electron chi connectivity index (χ0n) is 12.9. The second-order valence-electron chi connectivity index (χ2n) is 6.19. The van der Waals surface area contributed by atoms with Gasteiger partial charge in [-0.1, -0.05) is 13.8 Å². The fraction of sp³-hybridized carbons (Fsp3) is 0.800. The molecule has 0 spiro atoms. The third-order valence-electron chi connectivity index (χ3n) is 4.25. The van der Waals surface area contributed by atoms with E-state index in [1.54, 1.807) is 0 Å². The van der Waals surface area contributed by atoms with Crippen molar-refractivity contribution < 1.29 is 0 Å². The lowest BCUT2D eigenvalue weighted by Crippen LogP contribution is -2.50. The van der Waals surface area contributed by atoms with Gasteiger partial charge in [0.15, 0.2) is 0 Å². The standard InChI is InChI=1S/C15H27N3S/c1-11(2)10-18-8-6-15(16-5,7-9-18)14-17-12(3)13(4)19-14/h11,16H,6-10H2,1-5H3. The van der Waals surface area contributed by atoms with Crippen LogP contribution in [0.15, 0.2) is 0 Å². The first-order chi connectivity index (χ1) is 8.97. The molecule has 1 fully saturated rings. The Hall–Kier alpha value is -0.450. The lowest BCUT2D eigenvalue weighted by atomic mass is 9.88. The van der Waals surface area contributed by atoms with Gasteiger partial charge in [-0.25, -0.2) is 4.98 Å². The number of aryl methyl sites for hydroxylation is 2. The van der Waals surface area contributed by atoms with E-state index in [-0.39, 0.29) is 5.54 Å². The van der Waals surface area contributed by atoms with Crippen molar-refractivity contribution in [1.29, 1.82) is 0 Å². The monoisotopic (exact) mass is 281 g/mol. The molecule has 1 N–H and O–H groups in total. The number of likely N-dealkylation sites (tertiary alicyclic amines) is 1. The Balaban J connectivity index is 2.09. The highest BCUT2D eigenvalue weighted by molar-refractivity contribution is 7.11. The maximum Gasteiger partial charge on any atom is 0.113 e. The van der Waals surface area contributed by atoms with Crippen LogP contribution in [0.25, 0.3) is 0 Å². The van der Waals surface area contributed by atoms with Gasteiger partial charge in [-0.15, -0.1) is 11.3 Å². The molecule has 0 radical (unpaired) electrons. The molecule has 1 aromatic heterocycles. The van der Waals surface area contributed by atoms with E-state index in [0.29, 0.717) is 0 Å². The summed E-state index contributed by atoms with van der Waals surface area (Å²) in [6, 6.07) is 0. The van der Waals surface area contributed by atoms with Crippen molar-refractivity contribution in [2.75, 3.05) is 26.7 Å². The van der Waals surface area contributed by atoms with Crippen molar-refractivity contribution in [3.63, 3.8) is 0 Å². The number of aromatic nitrogens is 1. The van der Waals surface area contributed by atoms with Crippen molar-refractivity contribution in [2.24, 2.45) is 5.92 Å². The zero-order chi connectivity index (χ0) is 14.0. The van der Waals surface area contributed by atoms with Crippen LogP contribution < -0.4 is 5.32 Å². The van der Waals surface area contributed by atoms with Crippen molar-refractivity contribution in [3.8, 4) is 0 Å². The molecule has 2 heterocycles. The van der Waals surface area contributed by atoms with Gasteiger partial charge in [-0.05, 0) is 39.7 Å². The fourth-order valence-corrected chi connectivity index (χ4v) is 4.05. The summed E-state index contributed by atoms with van der Waals surface area (Å²) in [5.41, 5.74) is 1.30. The summed E-state index contributed by atoms with van der Waals surface area (Å²) in [6.07, 6.45) is 2.34. The number of piperidine rings is 1. The predicted octanol–water partition coefficient (Wildman–Crippen LogP) is 2.93. The molecule has 0 amide bonds. The number of thiazole rings is 1. The lowest BCUT2D eigenvalue weighted by Gasteiger charge is -2.41. The van der Waals surface area contributed by atoms with E-state index >= 15 is 0 Å². The molecule has 0 bridgehead atoms. The summed E-state index contributed by atoms with van der Waals surface area (Å²) in [7, 11) is 2.09. The van der Waals surface area contributed by atoms with Crippen molar-refractivity contribution in [2.45, 2.75) is 46.1 Å². The molecule has 1 aliphatic heterocycles. The molecule has 3 nitrogen and oxygen atoms in total. The number of hydrogen-bond donors (Lipinski definition) is 1. The quantitative estimate of drug-likeness (QED) is 0.920. The van der Waals surface area contributed by atoms with Gasteiger partial charge < -0.3 is 10.2 Å². The maximum absolute atomic E-state index is 4.80. The smallest absolute Gasteiger partial charge is 0.113 e. The number of hydrogen-bond acceptors (Lipinski definition) is 4. The van der Waals surface area contributed by atoms with Gasteiger partial charge >= 0.3 is 0 Å². The molecule has 0 aromatic carbocycles. The average molecular weight is 281 g/mol. The second-order valence-corrected chi connectivity index (χ2v) is 7.39. The van der Waals surface area contributed by atoms with Crippen LogP contribution in [0, 0.1) is 19.8 Å². The van der Waals surface area contributed by atoms with Crippen LogP contribution in [0.5, 0.6) is 0 Å². The highest BCUT2D eigenvalue weighted by Crippen LogP contribution is 2.36. The summed E-state index contributed by atoms with van der Waals surface area (Å²) >= 11 is 1.87. The van der Waals surface area contributed by atoms with E-state index in [0.717, 1.165) is 5.92 Å². The Kier molecular flexibility index (Phi) is 4.64. The normalized spacial score (nSPS) is 20.1. The summed E-state index contributed by atoms with van der Waals surface area (Å²) in [6.45, 7) is 12.5. The van der Waals surface area contributed by atoms with E-state index in [1.807, 2.05) is 11.3 Å². The van der Waals surface area contributed by atoms with E-state index < -0.39 is 0 Å². The molecule has 0 atom stereocenters. The second kappa shape index (κ2) is 5.90. The van der Waals surface area contributed by atoms with Crippen molar-refractivity contribution >= 4 is 11.3 Å². The number of nitrogens with zero attached hydrogens (tertiary/aromatic N) is 2. The fourth-order valence-electron chi connectivity index (χ4n) is 2.88. The molecule has 0 unspecified atom stereocenters. The highest BCUT2D eigenvalue weighted by atomic mass is 32.1. The Labute approximate surface area is 121 Å². The molecular weight excluding hydrogens is 254 g/mol. The molecule has 2 rings (SSSR count). The molecular formula is C15H27N3S. The van der Waals surface area contributed by atoms with Gasteiger partial charge in [0.2, 0.25) is 0 Å². The van der Waals surface area contributed by atoms with Gasteiger partial charge in [0.05, 0.1) is 11.2 Å². The number of nitrogens with one attached hydrogen (secondary N) is 1. The maximum atomic E-state index is 4.80. The molecule has 1 saturated heterocycles. The average Bonchev–Trinajstić information content (AvgIpc) is 2.71. The van der Waals surface area contributed by atoms with Gasteiger partial charge in [-0.2, -0.15) is 0 Å². The van der Waals surface area contributed by atoms with Crippen LogP contribution in [-0.2, 0) is 5.54 Å². The van der Waals surface area contributed by atoms with Crippen LogP contribution in [0.4, 0.5) is 0 Å². The predicted molar refractivity (Wildman–Crippen MR) is 82.8 cm³/mol. The first kappa shape index (κ1) is 14.9. The van der Waals surface area contributed by atoms with E-state index in [4.69, 9.17) is 4.98 Å². The molecule has 108 valence electrons. The molecule has 4 heteroatoms. The summed E-state index contributed by atoms with van der Waals surface area (Å²) in [4.78, 5) is 8.75. The van der Waals surface area contributed by atoms with Crippen LogP contribution in [0.2, 0.25) is 0 Å². The minimum atomic E-state index is 0.108. The first-order valence-corrected chi connectivity index (χ1v) is 8.14. The minimum Gasteiger partial charge on any atom is -0.308 e. The van der Waals surface area contributed by atoms with Gasteiger partial charge in [0.25, 0.3) is 0 Å². The highest BCUT2D eigenvalue weighted by Gasteiger charge is 2.37. The van der Waals surface area contributed by atoms with Gasteiger partial charge in [0, 0.05) is 24.5 Å². The van der Waals surface area contributed by atoms with Crippen molar-refractivity contribution in [3.05, 3.63) is 15.6 Å². The van der Waals surface area contributed by atoms with Crippen LogP contribution >= 0.6 is 11.3 Å². The Morgan fingerprint density at radius 1 is 1.32 bits per heavy atom. The van der Waals surface area contributed by atoms with Crippen LogP contribution in [-0.4, -0.2) is 36.6 Å². The molecule has 0 saturated carbocycles. The SMILES string of the molecule is CNC1(c2nc(C)c(C)s2)CCN(CC(C)C)CC1. The lowest BCUT2D eigenvalue weighted by molar-refractivity contribution is 0.129. The summed E-state index contributed by atoms with van der Waals surface area (Å²) < 4.78 is 0. The van der Waals surface area contributed by atoms with Gasteiger partial charge in [0.1, 0.15) is 5.01 Å². The third-order valence-corrected chi connectivity index (χ3v) is 5.53. The Morgan fingerprint density at radius 2 is 1.95 bits per heavy atom. The Morgan fingerprint density at radius 3 is 2.37 bits per heavy atom. The summed E-state index contributed by atoms with van der Waals surface area (Å²) in [5.74, 6) is 0.756. The molecule has 0 aliphatic carbocycles. The zero-order valence-corrected chi connectivity index (χ0v) is 13.7. The third kappa shape index (κ3) is 3.18. The van der Waals surface area contributed by atoms with E-state index in [2.05, 4.69) is 45.0 Å². The van der Waals surface area contributed by atoms with E-state index in [1.165, 1.54) is 48.1 Å². The first-order valence-electron chi connectivity index (χ1n) is 7.32. The molecule has 19 heavy (non-hydrogen) atoms. The van der Waals surface area contributed by atoms with Crippen molar-refractivity contribution in [1.82, 2.24) is 15.2 Å². The largest absolute Gasteiger partial charge is 0.308 e. The number of rotatable bonds is 4. The molecule has 1 aromatic rings. The van der Waals surface area contributed by atoms with Crippen LogP contribution in [0.3, 0.4) is 0 Å². The van der Waals surface area contributed by atoms with Gasteiger partial charge in [-0.3, -0.25) is 0 Å². The Bertz CT molecular complexity index is 398. The molecule has 1 aliphatic rings. The topological polar surface area (TPSA) is 28.2 Å². The van der Waals surface area contributed by atoms with E-state index in [9.17, 15) is 0 Å². The summed E-state index contributed by atoms with van der Waals surface area (Å²) in [5, 5.41) is 4.86. The van der Waals surface area contributed by atoms with Crippen LogP contribution in [0.1, 0.15) is 42.3 Å². The minimum absolute atomic E-state index is 0.108.